The van der Waals surface area contributed by atoms with Crippen LogP contribution in [-0.4, -0.2) is 34.1 Å². The number of amides is 1. The van der Waals surface area contributed by atoms with Crippen LogP contribution in [0, 0.1) is 5.92 Å². The third-order valence-electron chi connectivity index (χ3n) is 2.51. The van der Waals surface area contributed by atoms with Crippen molar-refractivity contribution in [2.24, 2.45) is 5.92 Å². The van der Waals surface area contributed by atoms with Gasteiger partial charge in [0.05, 0.1) is 0 Å². The third kappa shape index (κ3) is 7.32. The van der Waals surface area contributed by atoms with E-state index in [2.05, 4.69) is 5.32 Å². The largest absolute Gasteiger partial charge is 0.481 e. The number of hydrogen-bond acceptors (Lipinski definition) is 3. The standard InChI is InChI=1S/C11H19NO5/c1-3-7(2)6-9(13)12-8(11(16)17)4-5-10(14)15/h7-8H,3-6H2,1-2H3,(H,12,13)(H,14,15)(H,16,17)/t7?,8-/m0/s1. The highest BCUT2D eigenvalue weighted by atomic mass is 16.4. The summed E-state index contributed by atoms with van der Waals surface area (Å²) in [5.41, 5.74) is 0. The van der Waals surface area contributed by atoms with E-state index in [4.69, 9.17) is 10.2 Å². The third-order valence-corrected chi connectivity index (χ3v) is 2.51. The van der Waals surface area contributed by atoms with Crippen LogP contribution in [0.25, 0.3) is 0 Å². The molecule has 17 heavy (non-hydrogen) atoms. The lowest BCUT2D eigenvalue weighted by Gasteiger charge is -2.15. The lowest BCUT2D eigenvalue weighted by atomic mass is 10.0. The minimum Gasteiger partial charge on any atom is -0.481 e. The summed E-state index contributed by atoms with van der Waals surface area (Å²) in [6, 6.07) is -1.12. The van der Waals surface area contributed by atoms with E-state index in [1.165, 1.54) is 0 Å². The Morgan fingerprint density at radius 3 is 2.24 bits per heavy atom. The van der Waals surface area contributed by atoms with Gasteiger partial charge in [-0.15, -0.1) is 0 Å². The van der Waals surface area contributed by atoms with Crippen LogP contribution in [0.4, 0.5) is 0 Å². The van der Waals surface area contributed by atoms with Gasteiger partial charge in [0, 0.05) is 12.8 Å². The van der Waals surface area contributed by atoms with Crippen molar-refractivity contribution in [1.82, 2.24) is 5.32 Å². The highest BCUT2D eigenvalue weighted by Gasteiger charge is 2.21. The van der Waals surface area contributed by atoms with Gasteiger partial charge in [0.15, 0.2) is 0 Å². The maximum absolute atomic E-state index is 11.5. The smallest absolute Gasteiger partial charge is 0.326 e. The second kappa shape index (κ2) is 7.65. The molecule has 0 aromatic rings. The number of carbonyl (C=O) groups excluding carboxylic acids is 1. The first kappa shape index (κ1) is 15.4. The Balaban J connectivity index is 4.20. The number of carboxylic acid groups (broad SMARTS) is 2. The molecule has 6 heteroatoms. The van der Waals surface area contributed by atoms with Crippen LogP contribution in [0.5, 0.6) is 0 Å². The quantitative estimate of drug-likeness (QED) is 0.588. The van der Waals surface area contributed by atoms with E-state index in [1.807, 2.05) is 13.8 Å². The minimum absolute atomic E-state index is 0.100. The van der Waals surface area contributed by atoms with E-state index in [0.717, 1.165) is 6.42 Å². The van der Waals surface area contributed by atoms with Gasteiger partial charge in [0.2, 0.25) is 5.91 Å². The Morgan fingerprint density at radius 2 is 1.82 bits per heavy atom. The summed E-state index contributed by atoms with van der Waals surface area (Å²) in [5.74, 6) is -2.45. The highest BCUT2D eigenvalue weighted by Crippen LogP contribution is 2.07. The predicted octanol–water partition coefficient (Wildman–Crippen LogP) is 0.857. The number of rotatable bonds is 8. The van der Waals surface area contributed by atoms with E-state index < -0.39 is 18.0 Å². The van der Waals surface area contributed by atoms with Gasteiger partial charge < -0.3 is 15.5 Å². The first-order valence-electron chi connectivity index (χ1n) is 5.60. The van der Waals surface area contributed by atoms with Crippen molar-refractivity contribution in [2.75, 3.05) is 0 Å². The Labute approximate surface area is 100 Å². The van der Waals surface area contributed by atoms with Crippen molar-refractivity contribution >= 4 is 17.8 Å². The summed E-state index contributed by atoms with van der Waals surface area (Å²) < 4.78 is 0. The van der Waals surface area contributed by atoms with Crippen LogP contribution in [0.1, 0.15) is 39.5 Å². The maximum Gasteiger partial charge on any atom is 0.326 e. The first-order valence-corrected chi connectivity index (χ1v) is 5.60. The highest BCUT2D eigenvalue weighted by molar-refractivity contribution is 5.84. The normalized spacial score (nSPS) is 13.8. The Bertz CT molecular complexity index is 290. The topological polar surface area (TPSA) is 104 Å². The van der Waals surface area contributed by atoms with Crippen LogP contribution in [0.15, 0.2) is 0 Å². The molecule has 0 bridgehead atoms. The van der Waals surface area contributed by atoms with E-state index in [9.17, 15) is 14.4 Å². The average Bonchev–Trinajstić information content (AvgIpc) is 2.23. The Morgan fingerprint density at radius 1 is 1.24 bits per heavy atom. The maximum atomic E-state index is 11.5. The zero-order valence-corrected chi connectivity index (χ0v) is 10.1. The fraction of sp³-hybridized carbons (Fsp3) is 0.727. The number of carboxylic acids is 2. The second-order valence-electron chi connectivity index (χ2n) is 4.11. The minimum atomic E-state index is -1.20. The van der Waals surface area contributed by atoms with Gasteiger partial charge >= 0.3 is 11.9 Å². The molecule has 0 fully saturated rings. The van der Waals surface area contributed by atoms with Crippen LogP contribution in [0.2, 0.25) is 0 Å². The van der Waals surface area contributed by atoms with Gasteiger partial charge in [-0.2, -0.15) is 0 Å². The Hall–Kier alpha value is -1.59. The molecule has 0 aliphatic carbocycles. The van der Waals surface area contributed by atoms with Gasteiger partial charge in [-0.25, -0.2) is 4.79 Å². The van der Waals surface area contributed by atoms with Gasteiger partial charge in [-0.3, -0.25) is 9.59 Å². The van der Waals surface area contributed by atoms with Crippen LogP contribution in [-0.2, 0) is 14.4 Å². The van der Waals surface area contributed by atoms with Gasteiger partial charge in [-0.05, 0) is 12.3 Å². The fourth-order valence-electron chi connectivity index (χ4n) is 1.24. The lowest BCUT2D eigenvalue weighted by molar-refractivity contribution is -0.143. The molecular formula is C11H19NO5. The molecule has 0 spiro atoms. The molecule has 98 valence electrons. The molecule has 0 aromatic heterocycles. The van der Waals surface area contributed by atoms with Crippen LogP contribution < -0.4 is 5.32 Å². The zero-order valence-electron chi connectivity index (χ0n) is 10.1. The molecular weight excluding hydrogens is 226 g/mol. The van der Waals surface area contributed by atoms with Crippen molar-refractivity contribution in [3.8, 4) is 0 Å². The molecule has 0 rings (SSSR count). The van der Waals surface area contributed by atoms with Crippen molar-refractivity contribution in [3.63, 3.8) is 0 Å². The predicted molar refractivity (Wildman–Crippen MR) is 60.5 cm³/mol. The van der Waals surface area contributed by atoms with Crippen molar-refractivity contribution < 1.29 is 24.6 Å². The summed E-state index contributed by atoms with van der Waals surface area (Å²) in [6.07, 6.45) is 0.713. The van der Waals surface area contributed by atoms with E-state index in [0.29, 0.717) is 0 Å². The summed E-state index contributed by atoms with van der Waals surface area (Å²) in [7, 11) is 0. The molecule has 0 saturated heterocycles. The molecule has 0 heterocycles. The van der Waals surface area contributed by atoms with E-state index in [-0.39, 0.29) is 31.1 Å². The molecule has 0 aliphatic rings. The molecule has 6 nitrogen and oxygen atoms in total. The van der Waals surface area contributed by atoms with Gasteiger partial charge in [0.25, 0.3) is 0 Å². The molecule has 0 radical (unpaired) electrons. The number of carbonyl (C=O) groups is 3. The fourth-order valence-corrected chi connectivity index (χ4v) is 1.24. The number of hydrogen-bond donors (Lipinski definition) is 3. The van der Waals surface area contributed by atoms with E-state index in [1.54, 1.807) is 0 Å². The SMILES string of the molecule is CCC(C)CC(=O)N[C@@H](CCC(=O)O)C(=O)O. The molecule has 0 saturated carbocycles. The number of aliphatic carboxylic acids is 2. The molecule has 0 aliphatic heterocycles. The molecule has 1 unspecified atom stereocenters. The van der Waals surface area contributed by atoms with E-state index >= 15 is 0 Å². The molecule has 0 aromatic carbocycles. The van der Waals surface area contributed by atoms with Crippen molar-refractivity contribution in [3.05, 3.63) is 0 Å². The van der Waals surface area contributed by atoms with Gasteiger partial charge in [-0.1, -0.05) is 20.3 Å². The molecule has 3 N–H and O–H groups in total. The van der Waals surface area contributed by atoms with Crippen LogP contribution >= 0.6 is 0 Å². The first-order chi connectivity index (χ1) is 7.86. The summed E-state index contributed by atoms with van der Waals surface area (Å²) in [6.45, 7) is 3.84. The molecule has 1 amide bonds. The summed E-state index contributed by atoms with van der Waals surface area (Å²) in [5, 5.41) is 19.6. The van der Waals surface area contributed by atoms with Crippen LogP contribution in [0.3, 0.4) is 0 Å². The second-order valence-corrected chi connectivity index (χ2v) is 4.11. The number of nitrogens with one attached hydrogen (secondary N) is 1. The lowest BCUT2D eigenvalue weighted by Crippen LogP contribution is -2.41. The summed E-state index contributed by atoms with van der Waals surface area (Å²) >= 11 is 0. The zero-order chi connectivity index (χ0) is 13.4. The molecule has 2 atom stereocenters. The van der Waals surface area contributed by atoms with Crippen molar-refractivity contribution in [1.29, 1.82) is 0 Å². The Kier molecular flexibility index (Phi) is 6.93. The summed E-state index contributed by atoms with van der Waals surface area (Å²) in [4.78, 5) is 32.6. The van der Waals surface area contributed by atoms with Crippen molar-refractivity contribution in [2.45, 2.75) is 45.6 Å². The average molecular weight is 245 g/mol. The monoisotopic (exact) mass is 245 g/mol. The van der Waals surface area contributed by atoms with Gasteiger partial charge in [0.1, 0.15) is 6.04 Å².